The standard InChI is InChI=1S/C15H24N2O3S/c1-3-16-11-12-20-14-7-9-15(10-8-14)21(18,19)17(2)13-5-4-6-13/h7-10,13,16H,3-6,11-12H2,1-2H3. The molecule has 0 unspecified atom stereocenters. The van der Waals surface area contributed by atoms with Gasteiger partial charge in [0.1, 0.15) is 12.4 Å². The number of likely N-dealkylation sites (N-methyl/N-ethyl adjacent to an activating group) is 1. The molecule has 0 bridgehead atoms. The van der Waals surface area contributed by atoms with Crippen LogP contribution in [0.25, 0.3) is 0 Å². The average molecular weight is 312 g/mol. The van der Waals surface area contributed by atoms with Gasteiger partial charge >= 0.3 is 0 Å². The van der Waals surface area contributed by atoms with E-state index in [2.05, 4.69) is 5.32 Å². The van der Waals surface area contributed by atoms with E-state index in [4.69, 9.17) is 4.74 Å². The summed E-state index contributed by atoms with van der Waals surface area (Å²) in [6.07, 6.45) is 3.03. The third-order valence-corrected chi connectivity index (χ3v) is 5.81. The number of hydrogen-bond acceptors (Lipinski definition) is 4. The lowest BCUT2D eigenvalue weighted by Crippen LogP contribution is -2.41. The second-order valence-electron chi connectivity index (χ2n) is 5.28. The lowest BCUT2D eigenvalue weighted by Gasteiger charge is -2.33. The van der Waals surface area contributed by atoms with Gasteiger partial charge in [-0.1, -0.05) is 13.3 Å². The Hall–Kier alpha value is -1.11. The Bertz CT molecular complexity index is 539. The third kappa shape index (κ3) is 3.96. The zero-order valence-electron chi connectivity index (χ0n) is 12.7. The fraction of sp³-hybridized carbons (Fsp3) is 0.600. The van der Waals surface area contributed by atoms with E-state index in [1.54, 1.807) is 31.3 Å². The maximum atomic E-state index is 12.5. The summed E-state index contributed by atoms with van der Waals surface area (Å²) in [6.45, 7) is 4.30. The van der Waals surface area contributed by atoms with Crippen molar-refractivity contribution in [3.05, 3.63) is 24.3 Å². The quantitative estimate of drug-likeness (QED) is 0.744. The predicted molar refractivity (Wildman–Crippen MR) is 83.1 cm³/mol. The largest absolute Gasteiger partial charge is 0.492 e. The van der Waals surface area contributed by atoms with E-state index in [0.717, 1.165) is 32.4 Å². The molecular formula is C15H24N2O3S. The Morgan fingerprint density at radius 1 is 1.29 bits per heavy atom. The van der Waals surface area contributed by atoms with Crippen LogP contribution in [0.2, 0.25) is 0 Å². The molecule has 1 N–H and O–H groups in total. The lowest BCUT2D eigenvalue weighted by molar-refractivity contribution is 0.249. The Balaban J connectivity index is 1.97. The summed E-state index contributed by atoms with van der Waals surface area (Å²) < 4.78 is 31.9. The van der Waals surface area contributed by atoms with Crippen LogP contribution in [0.15, 0.2) is 29.2 Å². The van der Waals surface area contributed by atoms with Gasteiger partial charge in [0, 0.05) is 19.6 Å². The molecule has 0 aromatic heterocycles. The molecule has 1 saturated carbocycles. The van der Waals surface area contributed by atoms with Crippen molar-refractivity contribution in [3.8, 4) is 5.75 Å². The van der Waals surface area contributed by atoms with Gasteiger partial charge in [-0.05, 0) is 43.7 Å². The molecule has 1 aromatic rings. The van der Waals surface area contributed by atoms with Crippen molar-refractivity contribution in [2.24, 2.45) is 0 Å². The number of rotatable bonds is 8. The normalized spacial score (nSPS) is 16.0. The van der Waals surface area contributed by atoms with Gasteiger partial charge in [-0.25, -0.2) is 8.42 Å². The highest BCUT2D eigenvalue weighted by Gasteiger charge is 2.31. The summed E-state index contributed by atoms with van der Waals surface area (Å²) in [7, 11) is -1.71. The van der Waals surface area contributed by atoms with Crippen molar-refractivity contribution in [1.82, 2.24) is 9.62 Å². The van der Waals surface area contributed by atoms with E-state index < -0.39 is 10.0 Å². The summed E-state index contributed by atoms with van der Waals surface area (Å²) in [4.78, 5) is 0.330. The van der Waals surface area contributed by atoms with Crippen molar-refractivity contribution in [1.29, 1.82) is 0 Å². The van der Waals surface area contributed by atoms with Gasteiger partial charge in [0.25, 0.3) is 0 Å². The molecule has 6 heteroatoms. The molecule has 1 aliphatic rings. The van der Waals surface area contributed by atoms with Gasteiger partial charge in [-0.3, -0.25) is 0 Å². The molecule has 0 saturated heterocycles. The van der Waals surface area contributed by atoms with E-state index in [0.29, 0.717) is 17.3 Å². The molecular weight excluding hydrogens is 288 g/mol. The number of sulfonamides is 1. The van der Waals surface area contributed by atoms with Crippen molar-refractivity contribution in [3.63, 3.8) is 0 Å². The zero-order valence-corrected chi connectivity index (χ0v) is 13.5. The molecule has 0 radical (unpaired) electrons. The van der Waals surface area contributed by atoms with E-state index in [9.17, 15) is 8.42 Å². The molecule has 0 atom stereocenters. The van der Waals surface area contributed by atoms with Crippen LogP contribution < -0.4 is 10.1 Å². The molecule has 1 fully saturated rings. The van der Waals surface area contributed by atoms with Gasteiger partial charge in [-0.2, -0.15) is 4.31 Å². The first-order valence-corrected chi connectivity index (χ1v) is 8.91. The van der Waals surface area contributed by atoms with E-state index in [1.165, 1.54) is 4.31 Å². The van der Waals surface area contributed by atoms with Crippen LogP contribution in [-0.2, 0) is 10.0 Å². The predicted octanol–water partition coefficient (Wildman–Crippen LogP) is 1.85. The van der Waals surface area contributed by atoms with Crippen LogP contribution >= 0.6 is 0 Å². The SMILES string of the molecule is CCNCCOc1ccc(S(=O)(=O)N(C)C2CCC2)cc1. The van der Waals surface area contributed by atoms with Gasteiger partial charge in [0.2, 0.25) is 10.0 Å². The number of ether oxygens (including phenoxy) is 1. The van der Waals surface area contributed by atoms with Gasteiger partial charge in [-0.15, -0.1) is 0 Å². The van der Waals surface area contributed by atoms with Crippen LogP contribution in [0.1, 0.15) is 26.2 Å². The highest BCUT2D eigenvalue weighted by atomic mass is 32.2. The zero-order chi connectivity index (χ0) is 15.3. The van der Waals surface area contributed by atoms with Crippen LogP contribution in [0.4, 0.5) is 0 Å². The van der Waals surface area contributed by atoms with Crippen LogP contribution in [0.3, 0.4) is 0 Å². The second kappa shape index (κ2) is 7.24. The number of benzene rings is 1. The monoisotopic (exact) mass is 312 g/mol. The molecule has 0 amide bonds. The van der Waals surface area contributed by atoms with Crippen molar-refractivity contribution >= 4 is 10.0 Å². The molecule has 1 aliphatic carbocycles. The molecule has 2 rings (SSSR count). The first-order valence-electron chi connectivity index (χ1n) is 7.47. The van der Waals surface area contributed by atoms with Crippen molar-refractivity contribution in [2.45, 2.75) is 37.1 Å². The van der Waals surface area contributed by atoms with Crippen LogP contribution in [-0.4, -0.2) is 45.5 Å². The van der Waals surface area contributed by atoms with Gasteiger partial charge in [0.05, 0.1) is 4.90 Å². The first kappa shape index (κ1) is 16.3. The number of nitrogens with one attached hydrogen (secondary N) is 1. The van der Waals surface area contributed by atoms with Gasteiger partial charge < -0.3 is 10.1 Å². The lowest BCUT2D eigenvalue weighted by atomic mass is 9.94. The Morgan fingerprint density at radius 2 is 1.95 bits per heavy atom. The smallest absolute Gasteiger partial charge is 0.243 e. The van der Waals surface area contributed by atoms with Crippen molar-refractivity contribution in [2.75, 3.05) is 26.7 Å². The summed E-state index contributed by atoms with van der Waals surface area (Å²) in [5, 5.41) is 3.17. The molecule has 5 nitrogen and oxygen atoms in total. The number of hydrogen-bond donors (Lipinski definition) is 1. The Labute approximate surface area is 127 Å². The minimum absolute atomic E-state index is 0.158. The highest BCUT2D eigenvalue weighted by molar-refractivity contribution is 7.89. The minimum Gasteiger partial charge on any atom is -0.492 e. The first-order chi connectivity index (χ1) is 10.1. The molecule has 0 aliphatic heterocycles. The van der Waals surface area contributed by atoms with Gasteiger partial charge in [0.15, 0.2) is 0 Å². The summed E-state index contributed by atoms with van der Waals surface area (Å²) in [5.74, 6) is 0.693. The average Bonchev–Trinajstić information content (AvgIpc) is 2.42. The summed E-state index contributed by atoms with van der Waals surface area (Å²) in [5.41, 5.74) is 0. The fourth-order valence-corrected chi connectivity index (χ4v) is 3.65. The van der Waals surface area contributed by atoms with E-state index in [1.807, 2.05) is 6.92 Å². The Kier molecular flexibility index (Phi) is 5.61. The topological polar surface area (TPSA) is 58.6 Å². The Morgan fingerprint density at radius 3 is 2.48 bits per heavy atom. The molecule has 0 heterocycles. The molecule has 0 spiro atoms. The van der Waals surface area contributed by atoms with Crippen LogP contribution in [0.5, 0.6) is 5.75 Å². The number of nitrogens with zero attached hydrogens (tertiary/aromatic N) is 1. The van der Waals surface area contributed by atoms with E-state index >= 15 is 0 Å². The maximum absolute atomic E-state index is 12.5. The van der Waals surface area contributed by atoms with Crippen LogP contribution in [0, 0.1) is 0 Å². The third-order valence-electron chi connectivity index (χ3n) is 3.89. The summed E-state index contributed by atoms with van der Waals surface area (Å²) >= 11 is 0. The molecule has 118 valence electrons. The summed E-state index contributed by atoms with van der Waals surface area (Å²) in [6, 6.07) is 6.83. The molecule has 1 aromatic carbocycles. The van der Waals surface area contributed by atoms with E-state index in [-0.39, 0.29) is 6.04 Å². The minimum atomic E-state index is -3.38. The maximum Gasteiger partial charge on any atom is 0.243 e. The molecule has 21 heavy (non-hydrogen) atoms. The van der Waals surface area contributed by atoms with Crippen molar-refractivity contribution < 1.29 is 13.2 Å². The highest BCUT2D eigenvalue weighted by Crippen LogP contribution is 2.28. The second-order valence-corrected chi connectivity index (χ2v) is 7.28. The fourth-order valence-electron chi connectivity index (χ4n) is 2.24.